The summed E-state index contributed by atoms with van der Waals surface area (Å²) in [5.74, 6) is -0.257. The van der Waals surface area contributed by atoms with Crippen molar-refractivity contribution in [3.8, 4) is 0 Å². The van der Waals surface area contributed by atoms with E-state index in [4.69, 9.17) is 0 Å². The maximum atomic E-state index is 13.4. The molecule has 1 aromatic heterocycles. The number of aromatic nitrogens is 1. The van der Waals surface area contributed by atoms with Crippen LogP contribution in [0.2, 0.25) is 0 Å². The van der Waals surface area contributed by atoms with Crippen LogP contribution in [0.4, 0.5) is 4.39 Å². The lowest BCUT2D eigenvalue weighted by molar-refractivity contribution is 0.552. The topological polar surface area (TPSA) is 12.9 Å². The number of pyridine rings is 1. The van der Waals surface area contributed by atoms with E-state index in [0.717, 1.165) is 5.56 Å². The maximum absolute atomic E-state index is 13.4. The normalized spacial score (nSPS) is 11.8. The number of hydrogen-bond acceptors (Lipinski definition) is 1. The first-order valence-electron chi connectivity index (χ1n) is 4.15. The van der Waals surface area contributed by atoms with Crippen molar-refractivity contribution in [2.75, 3.05) is 0 Å². The molecular weight excluding hydrogens is 233 g/mol. The van der Waals surface area contributed by atoms with Gasteiger partial charge in [0.15, 0.2) is 5.82 Å². The summed E-state index contributed by atoms with van der Waals surface area (Å²) in [6.07, 6.45) is 1.72. The predicted molar refractivity (Wildman–Crippen MR) is 55.3 cm³/mol. The van der Waals surface area contributed by atoms with Crippen molar-refractivity contribution in [3.05, 3.63) is 27.7 Å². The van der Waals surface area contributed by atoms with Gasteiger partial charge >= 0.3 is 0 Å². The maximum Gasteiger partial charge on any atom is 0.159 e. The molecule has 0 unspecified atom stereocenters. The summed E-state index contributed by atoms with van der Waals surface area (Å²) in [6.45, 7) is 7.92. The third kappa shape index (κ3) is 2.08. The van der Waals surface area contributed by atoms with Crippen molar-refractivity contribution in [1.29, 1.82) is 0 Å². The van der Waals surface area contributed by atoms with Gasteiger partial charge in [-0.05, 0) is 39.4 Å². The summed E-state index contributed by atoms with van der Waals surface area (Å²) >= 11 is 3.06. The minimum Gasteiger partial charge on any atom is -0.246 e. The van der Waals surface area contributed by atoms with E-state index in [1.807, 2.05) is 20.8 Å². The van der Waals surface area contributed by atoms with Gasteiger partial charge in [0.05, 0.1) is 0 Å². The van der Waals surface area contributed by atoms with Crippen LogP contribution in [0.15, 0.2) is 10.8 Å². The van der Waals surface area contributed by atoms with Crippen LogP contribution in [-0.4, -0.2) is 4.98 Å². The van der Waals surface area contributed by atoms with Gasteiger partial charge in [-0.15, -0.1) is 0 Å². The lowest BCUT2D eigenvalue weighted by Crippen LogP contribution is -2.14. The molecule has 0 aliphatic heterocycles. The van der Waals surface area contributed by atoms with Gasteiger partial charge in [0.2, 0.25) is 0 Å². The molecule has 0 aliphatic rings. The van der Waals surface area contributed by atoms with Crippen LogP contribution in [-0.2, 0) is 5.41 Å². The molecule has 0 amide bonds. The molecule has 1 nitrogen and oxygen atoms in total. The minimum atomic E-state index is -0.257. The number of nitrogens with zero attached hydrogens (tertiary/aromatic N) is 1. The van der Waals surface area contributed by atoms with Crippen molar-refractivity contribution in [2.24, 2.45) is 0 Å². The van der Waals surface area contributed by atoms with E-state index in [9.17, 15) is 4.39 Å². The van der Waals surface area contributed by atoms with E-state index in [1.54, 1.807) is 13.1 Å². The number of rotatable bonds is 0. The van der Waals surface area contributed by atoms with Crippen LogP contribution < -0.4 is 0 Å². The van der Waals surface area contributed by atoms with E-state index < -0.39 is 0 Å². The summed E-state index contributed by atoms with van der Waals surface area (Å²) < 4.78 is 13.7. The SMILES string of the molecule is Cc1c(C(C)(C)C)cnc(Br)c1F. The molecule has 0 spiro atoms. The molecule has 1 rings (SSSR count). The average molecular weight is 246 g/mol. The molecule has 0 saturated carbocycles. The molecule has 3 heteroatoms. The van der Waals surface area contributed by atoms with Crippen molar-refractivity contribution in [1.82, 2.24) is 4.98 Å². The lowest BCUT2D eigenvalue weighted by atomic mass is 9.85. The third-order valence-electron chi connectivity index (χ3n) is 2.03. The second-order valence-electron chi connectivity index (χ2n) is 4.15. The van der Waals surface area contributed by atoms with Crippen LogP contribution in [0.5, 0.6) is 0 Å². The van der Waals surface area contributed by atoms with Crippen molar-refractivity contribution >= 4 is 15.9 Å². The van der Waals surface area contributed by atoms with Gasteiger partial charge in [-0.1, -0.05) is 20.8 Å². The summed E-state index contributed by atoms with van der Waals surface area (Å²) in [7, 11) is 0. The largest absolute Gasteiger partial charge is 0.246 e. The Morgan fingerprint density at radius 3 is 2.38 bits per heavy atom. The molecular formula is C10H13BrFN. The molecule has 1 heterocycles. The van der Waals surface area contributed by atoms with E-state index in [2.05, 4.69) is 20.9 Å². The van der Waals surface area contributed by atoms with Crippen LogP contribution in [0.1, 0.15) is 31.9 Å². The Hall–Kier alpha value is -0.440. The highest BCUT2D eigenvalue weighted by Gasteiger charge is 2.19. The number of hydrogen-bond donors (Lipinski definition) is 0. The van der Waals surface area contributed by atoms with Crippen LogP contribution in [0.3, 0.4) is 0 Å². The Morgan fingerprint density at radius 1 is 1.38 bits per heavy atom. The smallest absolute Gasteiger partial charge is 0.159 e. The lowest BCUT2D eigenvalue weighted by Gasteiger charge is -2.21. The van der Waals surface area contributed by atoms with E-state index in [1.165, 1.54) is 0 Å². The molecule has 72 valence electrons. The molecule has 1 aromatic rings. The van der Waals surface area contributed by atoms with Gasteiger partial charge in [0.1, 0.15) is 4.60 Å². The van der Waals surface area contributed by atoms with Crippen LogP contribution in [0.25, 0.3) is 0 Å². The predicted octanol–water partition coefficient (Wildman–Crippen LogP) is 3.59. The third-order valence-corrected chi connectivity index (χ3v) is 2.58. The first-order chi connectivity index (χ1) is 5.84. The molecule has 0 N–H and O–H groups in total. The number of halogens is 2. The zero-order valence-corrected chi connectivity index (χ0v) is 9.87. The minimum absolute atomic E-state index is 0.0569. The van der Waals surface area contributed by atoms with E-state index in [0.29, 0.717) is 5.56 Å². The standard InChI is InChI=1S/C10H13BrFN/c1-6-7(10(2,3)4)5-13-9(11)8(6)12/h5H,1-4H3. The molecule has 0 bridgehead atoms. The fourth-order valence-electron chi connectivity index (χ4n) is 1.30. The van der Waals surface area contributed by atoms with Gasteiger partial charge in [0.25, 0.3) is 0 Å². The molecule has 0 saturated heterocycles. The molecule has 0 fully saturated rings. The summed E-state index contributed by atoms with van der Waals surface area (Å²) in [5, 5.41) is 0. The summed E-state index contributed by atoms with van der Waals surface area (Å²) in [4.78, 5) is 3.95. The highest BCUT2D eigenvalue weighted by atomic mass is 79.9. The Kier molecular flexibility index (Phi) is 2.76. The van der Waals surface area contributed by atoms with Crippen molar-refractivity contribution in [3.63, 3.8) is 0 Å². The van der Waals surface area contributed by atoms with Crippen LogP contribution >= 0.6 is 15.9 Å². The Bertz CT molecular complexity index is 328. The zero-order valence-electron chi connectivity index (χ0n) is 8.28. The molecule has 0 aliphatic carbocycles. The quantitative estimate of drug-likeness (QED) is 0.637. The second kappa shape index (κ2) is 3.37. The Morgan fingerprint density at radius 2 is 1.92 bits per heavy atom. The summed E-state index contributed by atoms with van der Waals surface area (Å²) in [6, 6.07) is 0. The highest BCUT2D eigenvalue weighted by Crippen LogP contribution is 2.28. The van der Waals surface area contributed by atoms with Gasteiger partial charge in [0, 0.05) is 6.20 Å². The Balaban J connectivity index is 3.35. The zero-order chi connectivity index (χ0) is 10.2. The van der Waals surface area contributed by atoms with Gasteiger partial charge in [-0.2, -0.15) is 0 Å². The summed E-state index contributed by atoms with van der Waals surface area (Å²) in [5.41, 5.74) is 1.57. The fourth-order valence-corrected chi connectivity index (χ4v) is 1.70. The molecule has 13 heavy (non-hydrogen) atoms. The van der Waals surface area contributed by atoms with Gasteiger partial charge < -0.3 is 0 Å². The van der Waals surface area contributed by atoms with Crippen molar-refractivity contribution < 1.29 is 4.39 Å². The molecule has 0 radical (unpaired) electrons. The first kappa shape index (κ1) is 10.6. The molecule has 0 aromatic carbocycles. The van der Waals surface area contributed by atoms with Gasteiger partial charge in [-0.3, -0.25) is 0 Å². The van der Waals surface area contributed by atoms with E-state index >= 15 is 0 Å². The first-order valence-corrected chi connectivity index (χ1v) is 4.94. The molecule has 0 atom stereocenters. The highest BCUT2D eigenvalue weighted by molar-refractivity contribution is 9.10. The Labute approximate surface area is 86.5 Å². The second-order valence-corrected chi connectivity index (χ2v) is 4.90. The van der Waals surface area contributed by atoms with Crippen LogP contribution in [0, 0.1) is 12.7 Å². The van der Waals surface area contributed by atoms with Crippen molar-refractivity contribution in [2.45, 2.75) is 33.1 Å². The van der Waals surface area contributed by atoms with E-state index in [-0.39, 0.29) is 15.8 Å². The monoisotopic (exact) mass is 245 g/mol. The fraction of sp³-hybridized carbons (Fsp3) is 0.500. The average Bonchev–Trinajstić information content (AvgIpc) is 1.98. The van der Waals surface area contributed by atoms with Gasteiger partial charge in [-0.25, -0.2) is 9.37 Å².